The highest BCUT2D eigenvalue weighted by Gasteiger charge is 1.92. The summed E-state index contributed by atoms with van der Waals surface area (Å²) in [4.78, 5) is 0. The summed E-state index contributed by atoms with van der Waals surface area (Å²) >= 11 is 0. The summed E-state index contributed by atoms with van der Waals surface area (Å²) in [5.41, 5.74) is 2.91. The van der Waals surface area contributed by atoms with Crippen LogP contribution in [0.25, 0.3) is 0 Å². The maximum absolute atomic E-state index is 2.21. The van der Waals surface area contributed by atoms with Crippen molar-refractivity contribution in [1.82, 2.24) is 0 Å². The third kappa shape index (κ3) is 6.71. The Morgan fingerprint density at radius 2 is 1.43 bits per heavy atom. The molecule has 0 aromatic heterocycles. The van der Waals surface area contributed by atoms with Crippen LogP contribution in [0.2, 0.25) is 0 Å². The normalized spacial score (nSPS) is 7.86. The predicted octanol–water partition coefficient (Wildman–Crippen LogP) is 5.00. The lowest BCUT2D eigenvalue weighted by atomic mass is 10.1. The fourth-order valence-electron chi connectivity index (χ4n) is 1.16. The monoisotopic (exact) mass is 194 g/mol. The SMILES string of the molecule is CC.CC.CCCc1ccccc1C. The summed E-state index contributed by atoms with van der Waals surface area (Å²) in [6.45, 7) is 12.4. The molecule has 1 rings (SSSR count). The van der Waals surface area contributed by atoms with Crippen molar-refractivity contribution in [2.24, 2.45) is 0 Å². The topological polar surface area (TPSA) is 0 Å². The third-order valence-corrected chi connectivity index (χ3v) is 1.78. The highest BCUT2D eigenvalue weighted by molar-refractivity contribution is 5.25. The van der Waals surface area contributed by atoms with Gasteiger partial charge >= 0.3 is 0 Å². The Morgan fingerprint density at radius 3 is 1.86 bits per heavy atom. The average molecular weight is 194 g/mol. The van der Waals surface area contributed by atoms with E-state index in [4.69, 9.17) is 0 Å². The van der Waals surface area contributed by atoms with Gasteiger partial charge in [-0.1, -0.05) is 65.3 Å². The van der Waals surface area contributed by atoms with E-state index in [-0.39, 0.29) is 0 Å². The molecule has 0 saturated heterocycles. The first kappa shape index (κ1) is 15.7. The van der Waals surface area contributed by atoms with E-state index in [1.54, 1.807) is 0 Å². The fourth-order valence-corrected chi connectivity index (χ4v) is 1.16. The molecule has 82 valence electrons. The van der Waals surface area contributed by atoms with E-state index in [2.05, 4.69) is 38.1 Å². The molecule has 0 aliphatic carbocycles. The molecule has 0 aliphatic heterocycles. The maximum Gasteiger partial charge on any atom is -0.0279 e. The van der Waals surface area contributed by atoms with Crippen molar-refractivity contribution in [3.05, 3.63) is 35.4 Å². The quantitative estimate of drug-likeness (QED) is 0.621. The molecule has 0 heteroatoms. The van der Waals surface area contributed by atoms with Crippen LogP contribution in [0.5, 0.6) is 0 Å². The number of benzene rings is 1. The van der Waals surface area contributed by atoms with Gasteiger partial charge in [-0.2, -0.15) is 0 Å². The van der Waals surface area contributed by atoms with E-state index >= 15 is 0 Å². The molecule has 0 fully saturated rings. The molecule has 0 heterocycles. The van der Waals surface area contributed by atoms with E-state index in [1.807, 2.05) is 27.7 Å². The van der Waals surface area contributed by atoms with Gasteiger partial charge in [-0.05, 0) is 24.5 Å². The molecule has 0 nitrogen and oxygen atoms in total. The highest BCUT2D eigenvalue weighted by atomic mass is 14.0. The molecule has 0 aliphatic rings. The van der Waals surface area contributed by atoms with Crippen molar-refractivity contribution < 1.29 is 0 Å². The Hall–Kier alpha value is -0.780. The second-order valence-corrected chi connectivity index (χ2v) is 2.68. The van der Waals surface area contributed by atoms with Crippen molar-refractivity contribution in [3.8, 4) is 0 Å². The molecule has 0 radical (unpaired) electrons. The van der Waals surface area contributed by atoms with Crippen LogP contribution in [0.15, 0.2) is 24.3 Å². The van der Waals surface area contributed by atoms with Gasteiger partial charge in [0.05, 0.1) is 0 Å². The summed E-state index contributed by atoms with van der Waals surface area (Å²) < 4.78 is 0. The van der Waals surface area contributed by atoms with E-state index in [0.717, 1.165) is 0 Å². The van der Waals surface area contributed by atoms with Crippen LogP contribution in [0, 0.1) is 6.92 Å². The van der Waals surface area contributed by atoms with Gasteiger partial charge in [-0.25, -0.2) is 0 Å². The van der Waals surface area contributed by atoms with Crippen LogP contribution < -0.4 is 0 Å². The zero-order valence-corrected chi connectivity index (χ0v) is 10.7. The minimum absolute atomic E-state index is 1.21. The van der Waals surface area contributed by atoms with Crippen molar-refractivity contribution in [2.45, 2.75) is 54.4 Å². The lowest BCUT2D eigenvalue weighted by molar-refractivity contribution is 0.913. The van der Waals surface area contributed by atoms with Gasteiger partial charge in [0.1, 0.15) is 0 Å². The van der Waals surface area contributed by atoms with Crippen LogP contribution in [0.4, 0.5) is 0 Å². The van der Waals surface area contributed by atoms with Crippen molar-refractivity contribution >= 4 is 0 Å². The van der Waals surface area contributed by atoms with Gasteiger partial charge < -0.3 is 0 Å². The Morgan fingerprint density at radius 1 is 0.929 bits per heavy atom. The average Bonchev–Trinajstić information content (AvgIpc) is 2.28. The van der Waals surface area contributed by atoms with Crippen LogP contribution in [0.1, 0.15) is 52.2 Å². The number of rotatable bonds is 2. The smallest absolute Gasteiger partial charge is 0.0279 e. The Labute approximate surface area is 90.4 Å². The molecule has 0 bridgehead atoms. The van der Waals surface area contributed by atoms with Gasteiger partial charge in [0.25, 0.3) is 0 Å². The summed E-state index contributed by atoms with van der Waals surface area (Å²) in [6.07, 6.45) is 2.46. The minimum atomic E-state index is 1.21. The van der Waals surface area contributed by atoms with Crippen molar-refractivity contribution in [1.29, 1.82) is 0 Å². The number of hydrogen-bond donors (Lipinski definition) is 0. The van der Waals surface area contributed by atoms with Gasteiger partial charge in [-0.3, -0.25) is 0 Å². The van der Waals surface area contributed by atoms with E-state index in [1.165, 1.54) is 24.0 Å². The van der Waals surface area contributed by atoms with Gasteiger partial charge in [0, 0.05) is 0 Å². The Bertz CT molecular complexity index is 201. The first-order valence-electron chi connectivity index (χ1n) is 5.89. The molecule has 0 amide bonds. The first-order valence-corrected chi connectivity index (χ1v) is 5.89. The highest BCUT2D eigenvalue weighted by Crippen LogP contribution is 2.08. The van der Waals surface area contributed by atoms with Gasteiger partial charge in [-0.15, -0.1) is 0 Å². The van der Waals surface area contributed by atoms with Crippen LogP contribution in [0.3, 0.4) is 0 Å². The first-order chi connectivity index (χ1) is 6.84. The zero-order chi connectivity index (χ0) is 11.4. The Balaban J connectivity index is 0. The summed E-state index contributed by atoms with van der Waals surface area (Å²) in [5.74, 6) is 0. The third-order valence-electron chi connectivity index (χ3n) is 1.78. The molecular weight excluding hydrogens is 168 g/mol. The summed E-state index contributed by atoms with van der Waals surface area (Å²) in [6, 6.07) is 8.58. The van der Waals surface area contributed by atoms with Crippen LogP contribution >= 0.6 is 0 Å². The maximum atomic E-state index is 2.21. The summed E-state index contributed by atoms with van der Waals surface area (Å²) in [7, 11) is 0. The number of aryl methyl sites for hydroxylation is 2. The summed E-state index contributed by atoms with van der Waals surface area (Å²) in [5, 5.41) is 0. The van der Waals surface area contributed by atoms with E-state index < -0.39 is 0 Å². The molecule has 1 aromatic rings. The van der Waals surface area contributed by atoms with Crippen molar-refractivity contribution in [3.63, 3.8) is 0 Å². The standard InChI is InChI=1S/C10H14.2C2H6/c1-3-6-10-8-5-4-7-9(10)2;2*1-2/h4-5,7-8H,3,6H2,1-2H3;2*1-2H3. The lowest BCUT2D eigenvalue weighted by Gasteiger charge is -2.01. The molecule has 0 N–H and O–H groups in total. The van der Waals surface area contributed by atoms with Crippen LogP contribution in [-0.2, 0) is 6.42 Å². The molecule has 1 aromatic carbocycles. The fraction of sp³-hybridized carbons (Fsp3) is 0.571. The van der Waals surface area contributed by atoms with E-state index in [9.17, 15) is 0 Å². The van der Waals surface area contributed by atoms with E-state index in [0.29, 0.717) is 0 Å². The Kier molecular flexibility index (Phi) is 13.7. The van der Waals surface area contributed by atoms with Gasteiger partial charge in [0.15, 0.2) is 0 Å². The predicted molar refractivity (Wildman–Crippen MR) is 67.9 cm³/mol. The minimum Gasteiger partial charge on any atom is -0.0683 e. The largest absolute Gasteiger partial charge is 0.0683 e. The molecule has 0 atom stereocenters. The molecule has 0 spiro atoms. The second kappa shape index (κ2) is 12.2. The molecule has 0 saturated carbocycles. The zero-order valence-electron chi connectivity index (χ0n) is 10.7. The van der Waals surface area contributed by atoms with Gasteiger partial charge in [0.2, 0.25) is 0 Å². The number of hydrogen-bond acceptors (Lipinski definition) is 0. The second-order valence-electron chi connectivity index (χ2n) is 2.68. The molecule has 14 heavy (non-hydrogen) atoms. The lowest BCUT2D eigenvalue weighted by Crippen LogP contribution is -1.85. The van der Waals surface area contributed by atoms with Crippen LogP contribution in [-0.4, -0.2) is 0 Å². The van der Waals surface area contributed by atoms with Crippen molar-refractivity contribution in [2.75, 3.05) is 0 Å². The molecule has 0 unspecified atom stereocenters. The molecular formula is C14H26.